The van der Waals surface area contributed by atoms with Crippen molar-refractivity contribution in [3.63, 3.8) is 0 Å². The number of anilines is 1. The van der Waals surface area contributed by atoms with Crippen molar-refractivity contribution in [2.45, 2.75) is 37.8 Å². The molecule has 3 rings (SSSR count). The number of amides is 2. The summed E-state index contributed by atoms with van der Waals surface area (Å²) in [4.78, 5) is 28.3. The third kappa shape index (κ3) is 7.65. The quantitative estimate of drug-likeness (QED) is 0.314. The number of nitrogens with zero attached hydrogens (tertiary/aromatic N) is 2. The van der Waals surface area contributed by atoms with Crippen molar-refractivity contribution in [2.24, 2.45) is 0 Å². The van der Waals surface area contributed by atoms with Gasteiger partial charge in [0.1, 0.15) is 18.3 Å². The average molecular weight is 593 g/mol. The summed E-state index contributed by atoms with van der Waals surface area (Å²) in [7, 11) is -2.71. The first-order valence-electron chi connectivity index (χ1n) is 12.3. The molecular weight excluding hydrogens is 561 g/mol. The van der Waals surface area contributed by atoms with Crippen LogP contribution in [0.2, 0.25) is 10.0 Å². The van der Waals surface area contributed by atoms with Gasteiger partial charge in [0, 0.05) is 23.1 Å². The van der Waals surface area contributed by atoms with Crippen LogP contribution in [0.1, 0.15) is 25.8 Å². The molecule has 1 atom stereocenters. The maximum atomic E-state index is 13.9. The summed E-state index contributed by atoms with van der Waals surface area (Å²) < 4.78 is 33.8. The van der Waals surface area contributed by atoms with Gasteiger partial charge in [-0.05, 0) is 79.6 Å². The number of rotatable bonds is 12. The lowest BCUT2D eigenvalue weighted by molar-refractivity contribution is -0.140. The van der Waals surface area contributed by atoms with Gasteiger partial charge in [0.05, 0.1) is 17.7 Å². The molecule has 0 fully saturated rings. The van der Waals surface area contributed by atoms with Crippen molar-refractivity contribution in [1.29, 1.82) is 0 Å². The minimum atomic E-state index is -4.19. The molecule has 3 aromatic carbocycles. The van der Waals surface area contributed by atoms with E-state index in [1.54, 1.807) is 50.2 Å². The Balaban J connectivity index is 2.04. The second-order valence-electron chi connectivity index (χ2n) is 8.63. The lowest BCUT2D eigenvalue weighted by Gasteiger charge is -2.33. The summed E-state index contributed by atoms with van der Waals surface area (Å²) in [6, 6.07) is 18.1. The minimum absolute atomic E-state index is 0.0222. The van der Waals surface area contributed by atoms with Crippen LogP contribution in [0.4, 0.5) is 5.69 Å². The minimum Gasteiger partial charge on any atom is -0.497 e. The van der Waals surface area contributed by atoms with Crippen molar-refractivity contribution in [2.75, 3.05) is 24.5 Å². The van der Waals surface area contributed by atoms with E-state index in [0.29, 0.717) is 28.8 Å². The molecule has 0 saturated heterocycles. The number of likely N-dealkylation sites (N-methyl/N-ethyl adjacent to an activating group) is 1. The molecule has 208 valence electrons. The summed E-state index contributed by atoms with van der Waals surface area (Å²) in [5, 5.41) is 3.72. The molecule has 11 heteroatoms. The first-order valence-corrected chi connectivity index (χ1v) is 14.5. The number of carbonyl (C=O) groups is 2. The Kier molecular flexibility index (Phi) is 10.6. The van der Waals surface area contributed by atoms with Gasteiger partial charge >= 0.3 is 0 Å². The van der Waals surface area contributed by atoms with Crippen molar-refractivity contribution < 1.29 is 22.7 Å². The third-order valence-corrected chi connectivity index (χ3v) is 8.34. The lowest BCUT2D eigenvalue weighted by Crippen LogP contribution is -2.52. The molecule has 0 spiro atoms. The molecule has 0 aliphatic rings. The number of sulfonamides is 1. The molecule has 0 saturated carbocycles. The highest BCUT2D eigenvalue weighted by Crippen LogP contribution is 2.27. The second kappa shape index (κ2) is 13.7. The van der Waals surface area contributed by atoms with E-state index in [9.17, 15) is 18.0 Å². The van der Waals surface area contributed by atoms with Gasteiger partial charge in [-0.1, -0.05) is 42.3 Å². The van der Waals surface area contributed by atoms with E-state index in [0.717, 1.165) is 9.87 Å². The van der Waals surface area contributed by atoms with Gasteiger partial charge in [-0.15, -0.1) is 0 Å². The zero-order valence-electron chi connectivity index (χ0n) is 21.9. The Hall–Kier alpha value is -3.27. The lowest BCUT2D eigenvalue weighted by atomic mass is 10.1. The highest BCUT2D eigenvalue weighted by Gasteiger charge is 2.33. The molecule has 8 nitrogen and oxygen atoms in total. The zero-order valence-corrected chi connectivity index (χ0v) is 24.3. The highest BCUT2D eigenvalue weighted by molar-refractivity contribution is 7.92. The molecule has 0 heterocycles. The van der Waals surface area contributed by atoms with Crippen LogP contribution < -0.4 is 14.4 Å². The van der Waals surface area contributed by atoms with Crippen molar-refractivity contribution in [1.82, 2.24) is 10.2 Å². The normalized spacial score (nSPS) is 11.9. The fourth-order valence-corrected chi connectivity index (χ4v) is 5.68. The Labute approximate surface area is 239 Å². The number of halogens is 2. The van der Waals surface area contributed by atoms with Crippen LogP contribution in [-0.4, -0.2) is 51.4 Å². The van der Waals surface area contributed by atoms with Crippen molar-refractivity contribution >= 4 is 50.7 Å². The van der Waals surface area contributed by atoms with Crippen LogP contribution in [0.15, 0.2) is 77.7 Å². The molecule has 2 amide bonds. The van der Waals surface area contributed by atoms with Crippen LogP contribution in [0.5, 0.6) is 5.75 Å². The average Bonchev–Trinajstić information content (AvgIpc) is 2.93. The summed E-state index contributed by atoms with van der Waals surface area (Å²) in [5.74, 6) is -0.376. The number of benzene rings is 3. The van der Waals surface area contributed by atoms with E-state index in [1.807, 2.05) is 0 Å². The fourth-order valence-electron chi connectivity index (χ4n) is 4.01. The van der Waals surface area contributed by atoms with Crippen LogP contribution in [0.3, 0.4) is 0 Å². The van der Waals surface area contributed by atoms with E-state index in [2.05, 4.69) is 5.32 Å². The molecule has 0 radical (unpaired) electrons. The predicted octanol–water partition coefficient (Wildman–Crippen LogP) is 5.14. The number of hydrogen-bond donors (Lipinski definition) is 1. The van der Waals surface area contributed by atoms with E-state index in [-0.39, 0.29) is 23.0 Å². The second-order valence-corrected chi connectivity index (χ2v) is 11.4. The number of methoxy groups -OCH3 is 1. The summed E-state index contributed by atoms with van der Waals surface area (Å²) in [6.07, 6.45) is 0.331. The maximum Gasteiger partial charge on any atom is 0.264 e. The van der Waals surface area contributed by atoms with Crippen LogP contribution in [0, 0.1) is 0 Å². The molecule has 3 aromatic rings. The number of ether oxygens (including phenoxy) is 1. The van der Waals surface area contributed by atoms with E-state index >= 15 is 0 Å². The molecule has 0 aliphatic carbocycles. The van der Waals surface area contributed by atoms with Crippen LogP contribution >= 0.6 is 23.2 Å². The standard InChI is InChI=1S/C28H31Cl2N3O5S/c1-4-26(28(35)31-5-2)32(18-20-6-8-21(29)9-7-20)27(34)19-33(23-12-10-22(30)11-13-23)39(36,37)25-16-14-24(38-3)15-17-25/h6-17,26H,4-5,18-19H2,1-3H3,(H,31,35)/t26-/m0/s1. The molecule has 1 N–H and O–H groups in total. The molecular formula is C28H31Cl2N3O5S. The molecule has 39 heavy (non-hydrogen) atoms. The summed E-state index contributed by atoms with van der Waals surface area (Å²) in [6.45, 7) is 3.52. The van der Waals surface area contributed by atoms with Crippen molar-refractivity contribution in [3.8, 4) is 5.75 Å². The van der Waals surface area contributed by atoms with E-state index < -0.39 is 28.5 Å². The smallest absolute Gasteiger partial charge is 0.264 e. The van der Waals surface area contributed by atoms with Crippen LogP contribution in [-0.2, 0) is 26.2 Å². The molecule has 0 bridgehead atoms. The Morgan fingerprint density at radius 2 is 1.46 bits per heavy atom. The van der Waals surface area contributed by atoms with Crippen LogP contribution in [0.25, 0.3) is 0 Å². The van der Waals surface area contributed by atoms with Gasteiger partial charge in [0.2, 0.25) is 11.8 Å². The van der Waals surface area contributed by atoms with E-state index in [1.165, 1.54) is 48.4 Å². The highest BCUT2D eigenvalue weighted by atomic mass is 35.5. The Morgan fingerprint density at radius 1 is 0.897 bits per heavy atom. The Morgan fingerprint density at radius 3 is 1.97 bits per heavy atom. The van der Waals surface area contributed by atoms with Gasteiger partial charge in [-0.2, -0.15) is 0 Å². The first kappa shape index (κ1) is 30.3. The van der Waals surface area contributed by atoms with Crippen molar-refractivity contribution in [3.05, 3.63) is 88.4 Å². The fraction of sp³-hybridized carbons (Fsp3) is 0.286. The third-order valence-electron chi connectivity index (χ3n) is 6.04. The van der Waals surface area contributed by atoms with Gasteiger partial charge in [0.25, 0.3) is 10.0 Å². The maximum absolute atomic E-state index is 13.9. The number of carbonyl (C=O) groups excluding carboxylic acids is 2. The largest absolute Gasteiger partial charge is 0.497 e. The monoisotopic (exact) mass is 591 g/mol. The SMILES string of the molecule is CCNC(=O)[C@H](CC)N(Cc1ccc(Cl)cc1)C(=O)CN(c1ccc(Cl)cc1)S(=O)(=O)c1ccc(OC)cc1. The molecule has 0 aromatic heterocycles. The summed E-state index contributed by atoms with van der Waals surface area (Å²) in [5.41, 5.74) is 0.993. The van der Waals surface area contributed by atoms with E-state index in [4.69, 9.17) is 27.9 Å². The van der Waals surface area contributed by atoms with Gasteiger partial charge in [-0.25, -0.2) is 8.42 Å². The number of nitrogens with one attached hydrogen (secondary N) is 1. The molecule has 0 unspecified atom stereocenters. The van der Waals surface area contributed by atoms with Gasteiger partial charge < -0.3 is 15.0 Å². The topological polar surface area (TPSA) is 96.0 Å². The number of hydrogen-bond acceptors (Lipinski definition) is 5. The first-order chi connectivity index (χ1) is 18.6. The zero-order chi connectivity index (χ0) is 28.6. The van der Waals surface area contributed by atoms with Gasteiger partial charge in [0.15, 0.2) is 0 Å². The predicted molar refractivity (Wildman–Crippen MR) is 154 cm³/mol. The summed E-state index contributed by atoms with van der Waals surface area (Å²) >= 11 is 12.1. The molecule has 0 aliphatic heterocycles. The Bertz CT molecular complexity index is 1370. The van der Waals surface area contributed by atoms with Gasteiger partial charge in [-0.3, -0.25) is 13.9 Å².